The molecule has 0 aliphatic carbocycles. The number of nitrogens with one attached hydrogen (secondary N) is 1. The van der Waals surface area contributed by atoms with Gasteiger partial charge in [0, 0.05) is 0 Å². The van der Waals surface area contributed by atoms with E-state index < -0.39 is 12.2 Å². The van der Waals surface area contributed by atoms with E-state index in [1.54, 1.807) is 11.9 Å². The van der Waals surface area contributed by atoms with Gasteiger partial charge in [0.15, 0.2) is 0 Å². The van der Waals surface area contributed by atoms with Gasteiger partial charge in [-0.3, -0.25) is 0 Å². The van der Waals surface area contributed by atoms with E-state index in [0.717, 1.165) is 0 Å². The monoisotopic (exact) mass is 228 g/mol. The topological polar surface area (TPSA) is 94.7 Å². The van der Waals surface area contributed by atoms with Crippen molar-refractivity contribution in [2.75, 3.05) is 25.0 Å². The minimum Gasteiger partial charge on any atom is -0.406 e. The number of nitrogens with zero attached hydrogens (tertiary/aromatic N) is 3. The first kappa shape index (κ1) is 11.3. The molecule has 1 aliphatic rings. The molecule has 90 valence electrons. The highest BCUT2D eigenvalue weighted by molar-refractivity contribution is 5.28. The van der Waals surface area contributed by atoms with Crippen molar-refractivity contribution in [2.45, 2.75) is 25.2 Å². The van der Waals surface area contributed by atoms with Gasteiger partial charge >= 0.3 is 6.01 Å². The maximum Gasteiger partial charge on any atom is 0.318 e. The molecule has 2 rings (SSSR count). The fourth-order valence-electron chi connectivity index (χ4n) is 1.58. The molecule has 16 heavy (non-hydrogen) atoms. The fraction of sp³-hybridized carbons (Fsp3) is 0.778. The van der Waals surface area contributed by atoms with Crippen LogP contribution in [-0.4, -0.2) is 52.8 Å². The van der Waals surface area contributed by atoms with Crippen molar-refractivity contribution in [3.05, 3.63) is 5.89 Å². The molecule has 3 unspecified atom stereocenters. The maximum absolute atomic E-state index is 9.40. The minimum absolute atomic E-state index is 0.0151. The number of aliphatic hydroxyl groups is 2. The van der Waals surface area contributed by atoms with Gasteiger partial charge in [0.05, 0.1) is 31.3 Å². The van der Waals surface area contributed by atoms with Crippen molar-refractivity contribution in [1.82, 2.24) is 15.5 Å². The average Bonchev–Trinajstić information content (AvgIpc) is 2.86. The summed E-state index contributed by atoms with van der Waals surface area (Å²) in [5, 5.41) is 29.6. The minimum atomic E-state index is -0.753. The van der Waals surface area contributed by atoms with E-state index in [4.69, 9.17) is 4.42 Å². The Morgan fingerprint density at radius 2 is 2.00 bits per heavy atom. The highest BCUT2D eigenvalue weighted by atomic mass is 16.4. The number of β-amino-alcohol motifs (C(OH)–C–C–N with tert-alkyl or cyclic N) is 2. The standard InChI is InChI=1S/C9H16N4O3/c1-5(10-2)8-11-12-9(16-8)13-3-6(14)7(15)4-13/h5-7,10,14-15H,3-4H2,1-2H3. The van der Waals surface area contributed by atoms with Crippen LogP contribution in [0.15, 0.2) is 4.42 Å². The van der Waals surface area contributed by atoms with Gasteiger partial charge in [0.25, 0.3) is 0 Å². The van der Waals surface area contributed by atoms with E-state index in [-0.39, 0.29) is 6.04 Å². The number of aromatic nitrogens is 2. The predicted molar refractivity (Wildman–Crippen MR) is 56.0 cm³/mol. The van der Waals surface area contributed by atoms with Gasteiger partial charge in [0.2, 0.25) is 5.89 Å². The second kappa shape index (κ2) is 4.36. The Balaban J connectivity index is 2.08. The lowest BCUT2D eigenvalue weighted by molar-refractivity contribution is 0.0572. The van der Waals surface area contributed by atoms with Crippen molar-refractivity contribution >= 4 is 6.01 Å². The van der Waals surface area contributed by atoms with Crippen LogP contribution in [0.3, 0.4) is 0 Å². The van der Waals surface area contributed by atoms with Crippen LogP contribution in [0.2, 0.25) is 0 Å². The molecule has 0 radical (unpaired) electrons. The molecule has 3 atom stereocenters. The molecule has 1 fully saturated rings. The molecular formula is C9H16N4O3. The molecule has 0 spiro atoms. The smallest absolute Gasteiger partial charge is 0.318 e. The zero-order valence-corrected chi connectivity index (χ0v) is 9.29. The van der Waals surface area contributed by atoms with Gasteiger partial charge in [0.1, 0.15) is 0 Å². The Bertz CT molecular complexity index is 346. The van der Waals surface area contributed by atoms with E-state index in [1.807, 2.05) is 6.92 Å². The molecule has 1 aliphatic heterocycles. The summed E-state index contributed by atoms with van der Waals surface area (Å²) >= 11 is 0. The van der Waals surface area contributed by atoms with Crippen LogP contribution in [0.25, 0.3) is 0 Å². The van der Waals surface area contributed by atoms with Crippen LogP contribution < -0.4 is 10.2 Å². The summed E-state index contributed by atoms with van der Waals surface area (Å²) in [4.78, 5) is 1.67. The number of anilines is 1. The zero-order valence-electron chi connectivity index (χ0n) is 9.29. The number of hydrogen-bond acceptors (Lipinski definition) is 7. The summed E-state index contributed by atoms with van der Waals surface area (Å²) < 4.78 is 5.44. The largest absolute Gasteiger partial charge is 0.406 e. The second-order valence-corrected chi connectivity index (χ2v) is 3.97. The lowest BCUT2D eigenvalue weighted by atomic mass is 10.3. The summed E-state index contributed by atoms with van der Waals surface area (Å²) in [7, 11) is 1.80. The molecule has 0 amide bonds. The predicted octanol–water partition coefficient (Wildman–Crippen LogP) is -1.11. The van der Waals surface area contributed by atoms with E-state index in [1.165, 1.54) is 0 Å². The summed E-state index contributed by atoms with van der Waals surface area (Å²) in [5.41, 5.74) is 0. The van der Waals surface area contributed by atoms with E-state index >= 15 is 0 Å². The van der Waals surface area contributed by atoms with Gasteiger partial charge in [-0.05, 0) is 14.0 Å². The Morgan fingerprint density at radius 1 is 1.38 bits per heavy atom. The van der Waals surface area contributed by atoms with Gasteiger partial charge in [-0.15, -0.1) is 5.10 Å². The van der Waals surface area contributed by atoms with Crippen LogP contribution in [-0.2, 0) is 0 Å². The maximum atomic E-state index is 9.40. The summed E-state index contributed by atoms with van der Waals surface area (Å²) in [6.07, 6.45) is -1.51. The molecule has 1 aromatic heterocycles. The van der Waals surface area contributed by atoms with Crippen molar-refractivity contribution in [3.63, 3.8) is 0 Å². The third kappa shape index (κ3) is 2.01. The average molecular weight is 228 g/mol. The Labute approximate surface area is 93.1 Å². The highest BCUT2D eigenvalue weighted by Crippen LogP contribution is 2.21. The quantitative estimate of drug-likeness (QED) is 0.604. The van der Waals surface area contributed by atoms with E-state index in [9.17, 15) is 10.2 Å². The molecule has 1 saturated heterocycles. The number of rotatable bonds is 3. The van der Waals surface area contributed by atoms with Crippen LogP contribution in [0.1, 0.15) is 18.9 Å². The summed E-state index contributed by atoms with van der Waals surface area (Å²) in [6.45, 7) is 2.54. The van der Waals surface area contributed by atoms with Crippen LogP contribution >= 0.6 is 0 Å². The second-order valence-electron chi connectivity index (χ2n) is 3.97. The first-order valence-corrected chi connectivity index (χ1v) is 5.23. The SMILES string of the molecule is CNC(C)c1nnc(N2CC(O)C(O)C2)o1. The van der Waals surface area contributed by atoms with Crippen molar-refractivity contribution in [1.29, 1.82) is 0 Å². The zero-order chi connectivity index (χ0) is 11.7. The van der Waals surface area contributed by atoms with Gasteiger partial charge in [-0.2, -0.15) is 0 Å². The van der Waals surface area contributed by atoms with Gasteiger partial charge < -0.3 is 24.8 Å². The third-order valence-electron chi connectivity index (χ3n) is 2.76. The highest BCUT2D eigenvalue weighted by Gasteiger charge is 2.32. The molecule has 0 bridgehead atoms. The Hall–Kier alpha value is -1.18. The Morgan fingerprint density at radius 3 is 2.56 bits per heavy atom. The van der Waals surface area contributed by atoms with Crippen molar-refractivity contribution in [3.8, 4) is 0 Å². The fourth-order valence-corrected chi connectivity index (χ4v) is 1.58. The molecule has 0 aromatic carbocycles. The molecule has 7 heteroatoms. The van der Waals surface area contributed by atoms with Gasteiger partial charge in [-0.25, -0.2) is 0 Å². The van der Waals surface area contributed by atoms with Crippen LogP contribution in [0.5, 0.6) is 0 Å². The first-order chi connectivity index (χ1) is 7.61. The van der Waals surface area contributed by atoms with Crippen LogP contribution in [0, 0.1) is 0 Å². The van der Waals surface area contributed by atoms with Crippen molar-refractivity contribution < 1.29 is 14.6 Å². The third-order valence-corrected chi connectivity index (χ3v) is 2.76. The van der Waals surface area contributed by atoms with E-state index in [2.05, 4.69) is 15.5 Å². The molecule has 2 heterocycles. The molecule has 0 saturated carbocycles. The van der Waals surface area contributed by atoms with E-state index in [0.29, 0.717) is 25.0 Å². The lowest BCUT2D eigenvalue weighted by Gasteiger charge is -2.10. The lowest BCUT2D eigenvalue weighted by Crippen LogP contribution is -2.22. The van der Waals surface area contributed by atoms with Gasteiger partial charge in [-0.1, -0.05) is 5.10 Å². The summed E-state index contributed by atoms with van der Waals surface area (Å²) in [6, 6.07) is 0.325. The number of aliphatic hydroxyl groups excluding tert-OH is 2. The molecule has 7 nitrogen and oxygen atoms in total. The Kier molecular flexibility index (Phi) is 3.08. The molecular weight excluding hydrogens is 212 g/mol. The number of hydrogen-bond donors (Lipinski definition) is 3. The normalized spacial score (nSPS) is 27.4. The molecule has 3 N–H and O–H groups in total. The molecule has 1 aromatic rings. The van der Waals surface area contributed by atoms with Crippen LogP contribution in [0.4, 0.5) is 6.01 Å². The van der Waals surface area contributed by atoms with Crippen molar-refractivity contribution in [2.24, 2.45) is 0 Å². The summed E-state index contributed by atoms with van der Waals surface area (Å²) in [5.74, 6) is 0.494. The first-order valence-electron chi connectivity index (χ1n) is 5.23.